The van der Waals surface area contributed by atoms with Crippen LogP contribution in [-0.2, 0) is 12.8 Å². The Morgan fingerprint density at radius 3 is 2.42 bits per heavy atom. The van der Waals surface area contributed by atoms with Crippen molar-refractivity contribution in [3.8, 4) is 16.9 Å². The predicted octanol–water partition coefficient (Wildman–Crippen LogP) is 7.56. The Labute approximate surface area is 222 Å². The van der Waals surface area contributed by atoms with E-state index in [4.69, 9.17) is 33.2 Å². The van der Waals surface area contributed by atoms with E-state index in [1.807, 2.05) is 24.5 Å². The van der Waals surface area contributed by atoms with E-state index in [1.165, 1.54) is 31.5 Å². The van der Waals surface area contributed by atoms with E-state index in [-0.39, 0.29) is 15.8 Å². The van der Waals surface area contributed by atoms with Crippen LogP contribution in [0.5, 0.6) is 5.75 Å². The third-order valence-corrected chi connectivity index (χ3v) is 7.61. The highest BCUT2D eigenvalue weighted by molar-refractivity contribution is 6.37. The van der Waals surface area contributed by atoms with Crippen LogP contribution < -0.4 is 5.32 Å². The van der Waals surface area contributed by atoms with Crippen molar-refractivity contribution in [1.82, 2.24) is 14.9 Å². The molecule has 0 aliphatic carbocycles. The van der Waals surface area contributed by atoms with Gasteiger partial charge < -0.3 is 15.3 Å². The first-order valence-corrected chi connectivity index (χ1v) is 13.2. The molecule has 0 radical (unpaired) electrons. The van der Waals surface area contributed by atoms with Crippen molar-refractivity contribution in [2.45, 2.75) is 39.5 Å². The summed E-state index contributed by atoms with van der Waals surface area (Å²) in [6.07, 6.45) is 8.29. The molecule has 1 saturated heterocycles. The molecule has 0 atom stereocenters. The van der Waals surface area contributed by atoms with Gasteiger partial charge in [-0.15, -0.1) is 0 Å². The number of rotatable bonds is 7. The summed E-state index contributed by atoms with van der Waals surface area (Å²) < 4.78 is 0. The van der Waals surface area contributed by atoms with Crippen molar-refractivity contribution in [3.63, 3.8) is 0 Å². The maximum atomic E-state index is 9.98. The van der Waals surface area contributed by atoms with E-state index in [1.54, 1.807) is 12.1 Å². The number of pyridine rings is 2. The Morgan fingerprint density at radius 1 is 0.944 bits per heavy atom. The lowest BCUT2D eigenvalue weighted by atomic mass is 10.00. The number of hydrogen-bond acceptors (Lipinski definition) is 5. The molecule has 0 unspecified atom stereocenters. The van der Waals surface area contributed by atoms with Gasteiger partial charge in [-0.25, -0.2) is 0 Å². The Hall–Kier alpha value is -2.86. The molecule has 186 valence electrons. The number of fused-ring (bicyclic) bond motifs is 1. The SMILES string of the molecule is CCc1cnc2ccc(-c3cc(Cl)c(O)c(Cl)c3)cc2c1Nc1cnc(C)c(CCN2CCCC2)c1. The van der Waals surface area contributed by atoms with Gasteiger partial charge in [0.05, 0.1) is 33.1 Å². The van der Waals surface area contributed by atoms with Gasteiger partial charge in [-0.2, -0.15) is 0 Å². The molecule has 0 saturated carbocycles. The number of aromatic hydroxyl groups is 1. The first kappa shape index (κ1) is 24.8. The summed E-state index contributed by atoms with van der Waals surface area (Å²) >= 11 is 12.4. The maximum absolute atomic E-state index is 9.98. The smallest absolute Gasteiger partial charge is 0.152 e. The van der Waals surface area contributed by atoms with Crippen molar-refractivity contribution in [1.29, 1.82) is 0 Å². The largest absolute Gasteiger partial charge is 0.505 e. The van der Waals surface area contributed by atoms with Crippen LogP contribution in [0.4, 0.5) is 11.4 Å². The van der Waals surface area contributed by atoms with Gasteiger partial charge >= 0.3 is 0 Å². The number of halogens is 2. The van der Waals surface area contributed by atoms with Gasteiger partial charge in [0.1, 0.15) is 0 Å². The van der Waals surface area contributed by atoms with Gasteiger partial charge in [-0.1, -0.05) is 36.2 Å². The number of aryl methyl sites for hydroxylation is 2. The summed E-state index contributed by atoms with van der Waals surface area (Å²) in [5, 5.41) is 15.1. The Morgan fingerprint density at radius 2 is 1.69 bits per heavy atom. The molecule has 0 amide bonds. The highest BCUT2D eigenvalue weighted by atomic mass is 35.5. The molecule has 2 aromatic carbocycles. The van der Waals surface area contributed by atoms with E-state index < -0.39 is 0 Å². The number of anilines is 2. The lowest BCUT2D eigenvalue weighted by Gasteiger charge is -2.18. The molecule has 0 bridgehead atoms. The van der Waals surface area contributed by atoms with E-state index in [0.29, 0.717) is 0 Å². The first-order chi connectivity index (χ1) is 17.4. The maximum Gasteiger partial charge on any atom is 0.152 e. The monoisotopic (exact) mass is 520 g/mol. The number of nitrogens with zero attached hydrogens (tertiary/aromatic N) is 3. The van der Waals surface area contributed by atoms with Crippen LogP contribution in [0.2, 0.25) is 10.0 Å². The highest BCUT2D eigenvalue weighted by Crippen LogP contribution is 2.38. The van der Waals surface area contributed by atoms with Crippen molar-refractivity contribution in [2.75, 3.05) is 25.0 Å². The minimum absolute atomic E-state index is 0.104. The summed E-state index contributed by atoms with van der Waals surface area (Å²) in [5.41, 5.74) is 8.15. The fourth-order valence-electron chi connectivity index (χ4n) is 4.89. The molecule has 3 heterocycles. The zero-order valence-electron chi connectivity index (χ0n) is 20.6. The van der Waals surface area contributed by atoms with E-state index in [0.717, 1.165) is 64.0 Å². The third kappa shape index (κ3) is 5.15. The number of hydrogen-bond donors (Lipinski definition) is 2. The summed E-state index contributed by atoms with van der Waals surface area (Å²) in [6, 6.07) is 11.8. The van der Waals surface area contributed by atoms with Crippen molar-refractivity contribution < 1.29 is 5.11 Å². The second-order valence-corrected chi connectivity index (χ2v) is 10.2. The van der Waals surface area contributed by atoms with Crippen LogP contribution in [0.25, 0.3) is 22.0 Å². The van der Waals surface area contributed by atoms with Gasteiger partial charge in [0.15, 0.2) is 5.75 Å². The first-order valence-electron chi connectivity index (χ1n) is 12.5. The molecule has 36 heavy (non-hydrogen) atoms. The fourth-order valence-corrected chi connectivity index (χ4v) is 5.38. The molecule has 1 aliphatic heterocycles. The Kier molecular flexibility index (Phi) is 7.33. The lowest BCUT2D eigenvalue weighted by Crippen LogP contribution is -2.22. The zero-order chi connectivity index (χ0) is 25.2. The quantitative estimate of drug-likeness (QED) is 0.263. The minimum atomic E-state index is -0.104. The standard InChI is InChI=1S/C29H30Cl2N4O/c1-3-19-16-33-27-7-6-21(22-14-25(30)29(36)26(31)15-22)13-24(27)28(19)34-23-12-20(18(2)32-17-23)8-11-35-9-4-5-10-35/h6-7,12-17,36H,3-5,8-11H2,1-2H3,(H,33,34). The minimum Gasteiger partial charge on any atom is -0.505 e. The van der Waals surface area contributed by atoms with Gasteiger partial charge in [-0.05, 0) is 98.3 Å². The van der Waals surface area contributed by atoms with Gasteiger partial charge in [0.25, 0.3) is 0 Å². The molecular weight excluding hydrogens is 491 g/mol. The van der Waals surface area contributed by atoms with Gasteiger partial charge in [0, 0.05) is 23.8 Å². The van der Waals surface area contributed by atoms with Crippen LogP contribution in [-0.4, -0.2) is 39.6 Å². The summed E-state index contributed by atoms with van der Waals surface area (Å²) in [6.45, 7) is 7.69. The summed E-state index contributed by atoms with van der Waals surface area (Å²) in [7, 11) is 0. The van der Waals surface area contributed by atoms with Crippen LogP contribution in [0.15, 0.2) is 48.8 Å². The number of phenolic OH excluding ortho intramolecular Hbond substituents is 1. The molecule has 7 heteroatoms. The predicted molar refractivity (Wildman–Crippen MR) is 150 cm³/mol. The van der Waals surface area contributed by atoms with E-state index in [9.17, 15) is 5.11 Å². The highest BCUT2D eigenvalue weighted by Gasteiger charge is 2.15. The third-order valence-electron chi connectivity index (χ3n) is 7.03. The second kappa shape index (κ2) is 10.6. The normalized spacial score (nSPS) is 14.0. The van der Waals surface area contributed by atoms with Crippen LogP contribution >= 0.6 is 23.2 Å². The van der Waals surface area contributed by atoms with Crippen LogP contribution in [0, 0.1) is 6.92 Å². The van der Waals surface area contributed by atoms with Gasteiger partial charge in [-0.3, -0.25) is 9.97 Å². The molecule has 1 aliphatic rings. The number of aromatic nitrogens is 2. The molecule has 1 fully saturated rings. The second-order valence-electron chi connectivity index (χ2n) is 9.42. The molecule has 5 nitrogen and oxygen atoms in total. The van der Waals surface area contributed by atoms with Crippen molar-refractivity contribution in [3.05, 3.63) is 75.7 Å². The average molecular weight is 521 g/mol. The van der Waals surface area contributed by atoms with Crippen molar-refractivity contribution in [2.24, 2.45) is 0 Å². The van der Waals surface area contributed by atoms with Crippen LogP contribution in [0.3, 0.4) is 0 Å². The Bertz CT molecular complexity index is 1390. The summed E-state index contributed by atoms with van der Waals surface area (Å²) in [4.78, 5) is 11.9. The van der Waals surface area contributed by atoms with E-state index in [2.05, 4.69) is 36.2 Å². The molecule has 2 aromatic heterocycles. The number of likely N-dealkylation sites (tertiary alicyclic amines) is 1. The number of nitrogens with one attached hydrogen (secondary N) is 1. The van der Waals surface area contributed by atoms with E-state index >= 15 is 0 Å². The number of benzene rings is 2. The van der Waals surface area contributed by atoms with Gasteiger partial charge in [0.2, 0.25) is 0 Å². The summed E-state index contributed by atoms with van der Waals surface area (Å²) in [5.74, 6) is -0.104. The molecule has 2 N–H and O–H groups in total. The molecule has 5 rings (SSSR count). The molecular formula is C29H30Cl2N4O. The average Bonchev–Trinajstić information content (AvgIpc) is 3.41. The van der Waals surface area contributed by atoms with Crippen molar-refractivity contribution >= 4 is 45.5 Å². The zero-order valence-corrected chi connectivity index (χ0v) is 22.1. The van der Waals surface area contributed by atoms with Crippen LogP contribution in [0.1, 0.15) is 36.6 Å². The molecule has 4 aromatic rings. The Balaban J connectivity index is 1.51. The lowest BCUT2D eigenvalue weighted by molar-refractivity contribution is 0.343. The number of phenols is 1. The topological polar surface area (TPSA) is 61.3 Å². The fraction of sp³-hybridized carbons (Fsp3) is 0.310. The molecule has 0 spiro atoms.